The van der Waals surface area contributed by atoms with Gasteiger partial charge in [-0.15, -0.1) is 0 Å². The molecule has 120 valence electrons. The highest BCUT2D eigenvalue weighted by Crippen LogP contribution is 2.30. The Morgan fingerprint density at radius 1 is 1.32 bits per heavy atom. The Hall–Kier alpha value is -1.75. The van der Waals surface area contributed by atoms with Crippen LogP contribution in [0, 0.1) is 5.92 Å². The number of ether oxygens (including phenoxy) is 1. The van der Waals surface area contributed by atoms with Crippen molar-refractivity contribution in [1.29, 1.82) is 0 Å². The fourth-order valence-corrected chi connectivity index (χ4v) is 3.61. The minimum absolute atomic E-state index is 0.000288. The van der Waals surface area contributed by atoms with Gasteiger partial charge in [0.15, 0.2) is 0 Å². The van der Waals surface area contributed by atoms with Crippen molar-refractivity contribution in [1.82, 2.24) is 5.32 Å². The Labute approximate surface area is 131 Å². The lowest BCUT2D eigenvalue weighted by molar-refractivity contribution is -0.125. The summed E-state index contributed by atoms with van der Waals surface area (Å²) in [6.07, 6.45) is 3.93. The average molecular weight is 303 g/mol. The predicted molar refractivity (Wildman–Crippen MR) is 87.1 cm³/mol. The zero-order valence-electron chi connectivity index (χ0n) is 13.1. The van der Waals surface area contributed by atoms with E-state index in [0.717, 1.165) is 50.2 Å². The molecule has 0 radical (unpaired) electrons. The number of methoxy groups -OCH3 is 1. The van der Waals surface area contributed by atoms with Crippen molar-refractivity contribution in [2.24, 2.45) is 11.7 Å². The minimum Gasteiger partial charge on any atom is -0.495 e. The molecular formula is C17H25N3O2. The normalized spacial score (nSPS) is 27.9. The quantitative estimate of drug-likeness (QED) is 0.885. The Kier molecular flexibility index (Phi) is 4.52. The molecule has 3 atom stereocenters. The predicted octanol–water partition coefficient (Wildman–Crippen LogP) is 1.52. The van der Waals surface area contributed by atoms with Crippen molar-refractivity contribution in [2.75, 3.05) is 25.1 Å². The standard InChI is InChI=1S/C17H25N3O2/c1-22-16-8-3-2-7-15(16)20-10-9-12(11-20)19-17(21)13-5-4-6-14(13)18/h2-3,7-8,12-14H,4-6,9-11,18H2,1H3,(H,19,21)/t12-,13+,14-/m0/s1. The van der Waals surface area contributed by atoms with Crippen LogP contribution in [0.4, 0.5) is 5.69 Å². The molecule has 1 aromatic carbocycles. The van der Waals surface area contributed by atoms with E-state index in [-0.39, 0.29) is 23.9 Å². The van der Waals surface area contributed by atoms with Crippen LogP contribution in [0.15, 0.2) is 24.3 Å². The zero-order valence-corrected chi connectivity index (χ0v) is 13.1. The van der Waals surface area contributed by atoms with Crippen LogP contribution in [-0.2, 0) is 4.79 Å². The molecule has 1 amide bonds. The molecule has 2 aliphatic rings. The first-order chi connectivity index (χ1) is 10.7. The molecular weight excluding hydrogens is 278 g/mol. The van der Waals surface area contributed by atoms with Gasteiger partial charge in [0, 0.05) is 25.2 Å². The summed E-state index contributed by atoms with van der Waals surface area (Å²) in [4.78, 5) is 14.6. The molecule has 1 heterocycles. The van der Waals surface area contributed by atoms with E-state index in [1.807, 2.05) is 18.2 Å². The molecule has 5 nitrogen and oxygen atoms in total. The summed E-state index contributed by atoms with van der Waals surface area (Å²) in [6, 6.07) is 8.26. The van der Waals surface area contributed by atoms with E-state index < -0.39 is 0 Å². The second-order valence-corrected chi connectivity index (χ2v) is 6.31. The summed E-state index contributed by atoms with van der Waals surface area (Å²) < 4.78 is 5.42. The summed E-state index contributed by atoms with van der Waals surface area (Å²) in [7, 11) is 1.69. The highest BCUT2D eigenvalue weighted by Gasteiger charge is 2.33. The molecule has 0 aromatic heterocycles. The number of para-hydroxylation sites is 2. The third-order valence-corrected chi connectivity index (χ3v) is 4.87. The summed E-state index contributed by atoms with van der Waals surface area (Å²) in [6.45, 7) is 1.76. The lowest BCUT2D eigenvalue weighted by Gasteiger charge is -2.22. The fraction of sp³-hybridized carbons (Fsp3) is 0.588. The maximum absolute atomic E-state index is 12.3. The van der Waals surface area contributed by atoms with Gasteiger partial charge in [-0.2, -0.15) is 0 Å². The Morgan fingerprint density at radius 3 is 2.86 bits per heavy atom. The van der Waals surface area contributed by atoms with Gasteiger partial charge in [-0.05, 0) is 31.4 Å². The number of nitrogens with zero attached hydrogens (tertiary/aromatic N) is 1. The number of nitrogens with one attached hydrogen (secondary N) is 1. The highest BCUT2D eigenvalue weighted by molar-refractivity contribution is 5.80. The number of carbonyl (C=O) groups excluding carboxylic acids is 1. The van der Waals surface area contributed by atoms with E-state index in [2.05, 4.69) is 16.3 Å². The smallest absolute Gasteiger partial charge is 0.224 e. The number of nitrogens with two attached hydrogens (primary N) is 1. The molecule has 22 heavy (non-hydrogen) atoms. The molecule has 3 N–H and O–H groups in total. The SMILES string of the molecule is COc1ccccc1N1CC[C@H](NC(=O)[C@@H]2CCC[C@@H]2N)C1. The third kappa shape index (κ3) is 3.04. The van der Waals surface area contributed by atoms with Gasteiger partial charge in [-0.25, -0.2) is 0 Å². The number of hydrogen-bond acceptors (Lipinski definition) is 4. The number of hydrogen-bond donors (Lipinski definition) is 2. The Morgan fingerprint density at radius 2 is 2.14 bits per heavy atom. The van der Waals surface area contributed by atoms with Crippen LogP contribution in [-0.4, -0.2) is 38.2 Å². The molecule has 1 saturated carbocycles. The Bertz CT molecular complexity index is 534. The fourth-order valence-electron chi connectivity index (χ4n) is 3.61. The van der Waals surface area contributed by atoms with Crippen molar-refractivity contribution >= 4 is 11.6 Å². The minimum atomic E-state index is 0.000288. The molecule has 0 spiro atoms. The summed E-state index contributed by atoms with van der Waals surface area (Å²) >= 11 is 0. The largest absolute Gasteiger partial charge is 0.495 e. The molecule has 0 unspecified atom stereocenters. The summed E-state index contributed by atoms with van der Waals surface area (Å²) in [5.41, 5.74) is 7.12. The molecule has 2 fully saturated rings. The lowest BCUT2D eigenvalue weighted by Crippen LogP contribution is -2.44. The van der Waals surface area contributed by atoms with Crippen LogP contribution in [0.5, 0.6) is 5.75 Å². The first-order valence-electron chi connectivity index (χ1n) is 8.13. The highest BCUT2D eigenvalue weighted by atomic mass is 16.5. The van der Waals surface area contributed by atoms with Gasteiger partial charge >= 0.3 is 0 Å². The van der Waals surface area contributed by atoms with E-state index in [1.54, 1.807) is 7.11 Å². The van der Waals surface area contributed by atoms with Crippen LogP contribution >= 0.6 is 0 Å². The van der Waals surface area contributed by atoms with Crippen molar-refractivity contribution in [3.05, 3.63) is 24.3 Å². The van der Waals surface area contributed by atoms with Gasteiger partial charge < -0.3 is 20.7 Å². The van der Waals surface area contributed by atoms with Crippen LogP contribution in [0.3, 0.4) is 0 Å². The molecule has 5 heteroatoms. The zero-order chi connectivity index (χ0) is 15.5. The van der Waals surface area contributed by atoms with Gasteiger partial charge in [-0.3, -0.25) is 4.79 Å². The van der Waals surface area contributed by atoms with Gasteiger partial charge in [0.25, 0.3) is 0 Å². The van der Waals surface area contributed by atoms with E-state index >= 15 is 0 Å². The van der Waals surface area contributed by atoms with Crippen molar-refractivity contribution in [3.8, 4) is 5.75 Å². The molecule has 0 bridgehead atoms. The second-order valence-electron chi connectivity index (χ2n) is 6.31. The number of rotatable bonds is 4. The van der Waals surface area contributed by atoms with Gasteiger partial charge in [0.2, 0.25) is 5.91 Å². The number of carbonyl (C=O) groups is 1. The van der Waals surface area contributed by atoms with Crippen LogP contribution < -0.4 is 20.7 Å². The van der Waals surface area contributed by atoms with Crippen molar-refractivity contribution in [3.63, 3.8) is 0 Å². The molecule has 1 saturated heterocycles. The molecule has 1 aliphatic heterocycles. The topological polar surface area (TPSA) is 67.6 Å². The molecule has 3 rings (SSSR count). The Balaban J connectivity index is 1.59. The summed E-state index contributed by atoms with van der Waals surface area (Å²) in [5, 5.41) is 3.19. The maximum atomic E-state index is 12.3. The van der Waals surface area contributed by atoms with E-state index in [1.165, 1.54) is 0 Å². The second kappa shape index (κ2) is 6.57. The molecule has 1 aromatic rings. The summed E-state index contributed by atoms with van der Waals surface area (Å²) in [5.74, 6) is 1.02. The van der Waals surface area contributed by atoms with E-state index in [4.69, 9.17) is 10.5 Å². The van der Waals surface area contributed by atoms with Crippen molar-refractivity contribution in [2.45, 2.75) is 37.8 Å². The van der Waals surface area contributed by atoms with Gasteiger partial charge in [0.1, 0.15) is 5.75 Å². The van der Waals surface area contributed by atoms with Gasteiger partial charge in [0.05, 0.1) is 18.7 Å². The lowest BCUT2D eigenvalue weighted by atomic mass is 10.0. The first kappa shape index (κ1) is 15.2. The molecule has 1 aliphatic carbocycles. The van der Waals surface area contributed by atoms with Gasteiger partial charge in [-0.1, -0.05) is 18.6 Å². The monoisotopic (exact) mass is 303 g/mol. The van der Waals surface area contributed by atoms with E-state index in [0.29, 0.717) is 0 Å². The first-order valence-corrected chi connectivity index (χ1v) is 8.13. The van der Waals surface area contributed by atoms with Crippen LogP contribution in [0.25, 0.3) is 0 Å². The maximum Gasteiger partial charge on any atom is 0.224 e. The third-order valence-electron chi connectivity index (χ3n) is 4.87. The van der Waals surface area contributed by atoms with Crippen molar-refractivity contribution < 1.29 is 9.53 Å². The number of anilines is 1. The number of benzene rings is 1. The van der Waals surface area contributed by atoms with E-state index in [9.17, 15) is 4.79 Å². The number of amides is 1. The van der Waals surface area contributed by atoms with Crippen LogP contribution in [0.1, 0.15) is 25.7 Å². The van der Waals surface area contributed by atoms with Crippen LogP contribution in [0.2, 0.25) is 0 Å². The average Bonchev–Trinajstić information content (AvgIpc) is 3.16.